The van der Waals surface area contributed by atoms with Crippen molar-refractivity contribution in [2.24, 2.45) is 11.8 Å². The SMILES string of the molecule is C[C@@H](NC(=O)[C@@H]1CC=CC[C@@H]1C(=O)O)c1ccncc1. The van der Waals surface area contributed by atoms with Crippen LogP contribution in [-0.4, -0.2) is 22.0 Å². The van der Waals surface area contributed by atoms with Gasteiger partial charge in [-0.3, -0.25) is 14.6 Å². The second kappa shape index (κ2) is 6.32. The third kappa shape index (κ3) is 3.23. The quantitative estimate of drug-likeness (QED) is 0.822. The molecule has 0 saturated carbocycles. The van der Waals surface area contributed by atoms with E-state index in [4.69, 9.17) is 0 Å². The van der Waals surface area contributed by atoms with Gasteiger partial charge in [0.2, 0.25) is 5.91 Å². The third-order valence-electron chi connectivity index (χ3n) is 3.65. The number of hydrogen-bond donors (Lipinski definition) is 2. The van der Waals surface area contributed by atoms with Gasteiger partial charge in [-0.2, -0.15) is 0 Å². The number of carboxylic acids is 1. The average molecular weight is 274 g/mol. The number of nitrogens with one attached hydrogen (secondary N) is 1. The van der Waals surface area contributed by atoms with Gasteiger partial charge in [-0.05, 0) is 37.5 Å². The Morgan fingerprint density at radius 2 is 1.85 bits per heavy atom. The monoisotopic (exact) mass is 274 g/mol. The van der Waals surface area contributed by atoms with Crippen molar-refractivity contribution in [3.8, 4) is 0 Å². The fourth-order valence-corrected chi connectivity index (χ4v) is 2.43. The predicted octanol–water partition coefficient (Wildman–Crippen LogP) is 1.93. The minimum Gasteiger partial charge on any atom is -0.481 e. The van der Waals surface area contributed by atoms with Gasteiger partial charge < -0.3 is 10.4 Å². The lowest BCUT2D eigenvalue weighted by atomic mass is 9.82. The number of pyridine rings is 1. The maximum absolute atomic E-state index is 12.3. The summed E-state index contributed by atoms with van der Waals surface area (Å²) >= 11 is 0. The van der Waals surface area contributed by atoms with Crippen molar-refractivity contribution in [2.45, 2.75) is 25.8 Å². The van der Waals surface area contributed by atoms with E-state index in [1.54, 1.807) is 12.4 Å². The summed E-state index contributed by atoms with van der Waals surface area (Å²) in [5, 5.41) is 12.1. The van der Waals surface area contributed by atoms with E-state index in [1.165, 1.54) is 0 Å². The molecule has 0 aromatic carbocycles. The lowest BCUT2D eigenvalue weighted by Gasteiger charge is -2.26. The molecular formula is C15H18N2O3. The van der Waals surface area contributed by atoms with Crippen LogP contribution in [0.5, 0.6) is 0 Å². The second-order valence-electron chi connectivity index (χ2n) is 5.00. The predicted molar refractivity (Wildman–Crippen MR) is 73.8 cm³/mol. The molecule has 0 unspecified atom stereocenters. The van der Waals surface area contributed by atoms with Crippen LogP contribution >= 0.6 is 0 Å². The molecule has 2 N–H and O–H groups in total. The van der Waals surface area contributed by atoms with E-state index in [-0.39, 0.29) is 11.9 Å². The van der Waals surface area contributed by atoms with Crippen LogP contribution in [-0.2, 0) is 9.59 Å². The molecule has 1 aromatic rings. The highest BCUT2D eigenvalue weighted by Crippen LogP contribution is 2.26. The molecule has 20 heavy (non-hydrogen) atoms. The summed E-state index contributed by atoms with van der Waals surface area (Å²) < 4.78 is 0. The van der Waals surface area contributed by atoms with Crippen molar-refractivity contribution in [1.29, 1.82) is 0 Å². The number of amides is 1. The van der Waals surface area contributed by atoms with Gasteiger partial charge in [0.05, 0.1) is 17.9 Å². The number of hydrogen-bond acceptors (Lipinski definition) is 3. The molecule has 3 atom stereocenters. The van der Waals surface area contributed by atoms with Crippen LogP contribution in [0.3, 0.4) is 0 Å². The molecule has 5 nitrogen and oxygen atoms in total. The van der Waals surface area contributed by atoms with Crippen molar-refractivity contribution in [3.63, 3.8) is 0 Å². The van der Waals surface area contributed by atoms with Crippen molar-refractivity contribution in [1.82, 2.24) is 10.3 Å². The van der Waals surface area contributed by atoms with Crippen LogP contribution in [0.2, 0.25) is 0 Å². The lowest BCUT2D eigenvalue weighted by molar-refractivity contribution is -0.147. The van der Waals surface area contributed by atoms with Gasteiger partial charge in [0.15, 0.2) is 0 Å². The normalized spacial score (nSPS) is 23.1. The Labute approximate surface area is 117 Å². The topological polar surface area (TPSA) is 79.3 Å². The van der Waals surface area contributed by atoms with Crippen molar-refractivity contribution in [2.75, 3.05) is 0 Å². The Morgan fingerprint density at radius 3 is 2.45 bits per heavy atom. The fourth-order valence-electron chi connectivity index (χ4n) is 2.43. The van der Waals surface area contributed by atoms with Crippen molar-refractivity contribution >= 4 is 11.9 Å². The minimum atomic E-state index is -0.911. The van der Waals surface area contributed by atoms with E-state index >= 15 is 0 Å². The molecule has 0 bridgehead atoms. The molecule has 1 aromatic heterocycles. The van der Waals surface area contributed by atoms with Crippen LogP contribution in [0, 0.1) is 11.8 Å². The fraction of sp³-hybridized carbons (Fsp3) is 0.400. The first kappa shape index (κ1) is 14.2. The van der Waals surface area contributed by atoms with Crippen LogP contribution < -0.4 is 5.32 Å². The largest absolute Gasteiger partial charge is 0.481 e. The number of carbonyl (C=O) groups excluding carboxylic acids is 1. The van der Waals surface area contributed by atoms with Gasteiger partial charge in [-0.1, -0.05) is 12.2 Å². The zero-order valence-corrected chi connectivity index (χ0v) is 11.3. The molecule has 0 radical (unpaired) electrons. The summed E-state index contributed by atoms with van der Waals surface area (Å²) in [7, 11) is 0. The molecule has 0 spiro atoms. The summed E-state index contributed by atoms with van der Waals surface area (Å²) in [6, 6.07) is 3.51. The van der Waals surface area contributed by atoms with Crippen molar-refractivity contribution < 1.29 is 14.7 Å². The number of nitrogens with zero attached hydrogens (tertiary/aromatic N) is 1. The standard InChI is InChI=1S/C15H18N2O3/c1-10(11-6-8-16-9-7-11)17-14(18)12-4-2-3-5-13(12)15(19)20/h2-3,6-10,12-13H,4-5H2,1H3,(H,17,18)(H,19,20)/t10-,12-,13+/m1/s1. The van der Waals surface area contributed by atoms with Crippen LogP contribution in [0.15, 0.2) is 36.7 Å². The van der Waals surface area contributed by atoms with Crippen LogP contribution in [0.1, 0.15) is 31.4 Å². The Hall–Kier alpha value is -2.17. The van der Waals surface area contributed by atoms with E-state index in [0.717, 1.165) is 5.56 Å². The smallest absolute Gasteiger partial charge is 0.307 e. The van der Waals surface area contributed by atoms with E-state index < -0.39 is 17.8 Å². The highest BCUT2D eigenvalue weighted by molar-refractivity contribution is 5.85. The first-order valence-corrected chi connectivity index (χ1v) is 6.67. The summed E-state index contributed by atoms with van der Waals surface area (Å²) in [5.41, 5.74) is 0.951. The molecule has 1 aliphatic carbocycles. The number of carboxylic acid groups (broad SMARTS) is 1. The van der Waals surface area contributed by atoms with E-state index in [2.05, 4.69) is 10.3 Å². The summed E-state index contributed by atoms with van der Waals surface area (Å²) in [5.74, 6) is -2.25. The Balaban J connectivity index is 2.04. The molecule has 0 saturated heterocycles. The molecule has 1 aliphatic rings. The number of carbonyl (C=O) groups is 2. The molecule has 1 amide bonds. The molecule has 2 rings (SSSR count). The molecule has 1 heterocycles. The highest BCUT2D eigenvalue weighted by atomic mass is 16.4. The maximum atomic E-state index is 12.3. The van der Waals surface area contributed by atoms with Gasteiger partial charge in [0.1, 0.15) is 0 Å². The maximum Gasteiger partial charge on any atom is 0.307 e. The number of rotatable bonds is 4. The van der Waals surface area contributed by atoms with Gasteiger partial charge in [0.25, 0.3) is 0 Å². The van der Waals surface area contributed by atoms with Gasteiger partial charge in [-0.15, -0.1) is 0 Å². The lowest BCUT2D eigenvalue weighted by Crippen LogP contribution is -2.39. The molecule has 106 valence electrons. The Kier molecular flexibility index (Phi) is 4.50. The van der Waals surface area contributed by atoms with E-state index in [1.807, 2.05) is 31.2 Å². The van der Waals surface area contributed by atoms with Crippen LogP contribution in [0.25, 0.3) is 0 Å². The molecular weight excluding hydrogens is 256 g/mol. The second-order valence-corrected chi connectivity index (χ2v) is 5.00. The molecule has 0 fully saturated rings. The van der Waals surface area contributed by atoms with E-state index in [0.29, 0.717) is 12.8 Å². The molecule has 5 heteroatoms. The van der Waals surface area contributed by atoms with Crippen molar-refractivity contribution in [3.05, 3.63) is 42.2 Å². The summed E-state index contributed by atoms with van der Waals surface area (Å²) in [6.07, 6.45) is 7.93. The zero-order valence-electron chi connectivity index (χ0n) is 11.3. The van der Waals surface area contributed by atoms with Gasteiger partial charge in [-0.25, -0.2) is 0 Å². The summed E-state index contributed by atoms with van der Waals surface area (Å²) in [4.78, 5) is 27.4. The number of aliphatic carboxylic acids is 1. The summed E-state index contributed by atoms with van der Waals surface area (Å²) in [6.45, 7) is 1.88. The van der Waals surface area contributed by atoms with E-state index in [9.17, 15) is 14.7 Å². The van der Waals surface area contributed by atoms with Crippen LogP contribution in [0.4, 0.5) is 0 Å². The van der Waals surface area contributed by atoms with Gasteiger partial charge >= 0.3 is 5.97 Å². The molecule has 0 aliphatic heterocycles. The first-order valence-electron chi connectivity index (χ1n) is 6.67. The van der Waals surface area contributed by atoms with Gasteiger partial charge in [0, 0.05) is 12.4 Å². The number of allylic oxidation sites excluding steroid dienone is 2. The first-order chi connectivity index (χ1) is 9.59. The number of aromatic nitrogens is 1. The minimum absolute atomic E-state index is 0.161. The zero-order chi connectivity index (χ0) is 14.5. The third-order valence-corrected chi connectivity index (χ3v) is 3.65. The Bertz CT molecular complexity index is 513. The highest BCUT2D eigenvalue weighted by Gasteiger charge is 2.34. The Morgan fingerprint density at radius 1 is 1.25 bits per heavy atom. The average Bonchev–Trinajstić information content (AvgIpc) is 2.48.